The van der Waals surface area contributed by atoms with Crippen LogP contribution in [0.3, 0.4) is 0 Å². The highest BCUT2D eigenvalue weighted by Gasteiger charge is 2.03. The SMILES string of the molecule is CC(C)NCCc1ccc2cc(O)c(O)cc2c1.CCC(=O)O.CCC(=O)O.Cl. The molecule has 2 rings (SSSR count). The minimum atomic E-state index is -0.745. The van der Waals surface area contributed by atoms with Gasteiger partial charge in [-0.15, -0.1) is 12.4 Å². The number of aliphatic carboxylic acids is 2. The molecule has 0 amide bonds. The number of aromatic hydroxyl groups is 2. The van der Waals surface area contributed by atoms with Gasteiger partial charge in [0.25, 0.3) is 0 Å². The average Bonchev–Trinajstić information content (AvgIpc) is 2.63. The predicted molar refractivity (Wildman–Crippen MR) is 117 cm³/mol. The third-order valence-electron chi connectivity index (χ3n) is 3.57. The molecule has 0 fully saturated rings. The van der Waals surface area contributed by atoms with Crippen molar-refractivity contribution in [1.82, 2.24) is 5.32 Å². The first-order chi connectivity index (χ1) is 13.1. The highest BCUT2D eigenvalue weighted by atomic mass is 35.5. The molecule has 0 spiro atoms. The standard InChI is InChI=1S/C15H19NO2.2C3H6O2.ClH/c1-10(2)16-6-5-11-3-4-12-8-14(17)15(18)9-13(12)7-11;2*1-2-3(4)5;/h3-4,7-10,16-18H,5-6H2,1-2H3;2*2H2,1H3,(H,4,5);1H. The number of hydrogen-bond donors (Lipinski definition) is 5. The van der Waals surface area contributed by atoms with Crippen LogP contribution in [0.25, 0.3) is 10.8 Å². The van der Waals surface area contributed by atoms with Gasteiger partial charge < -0.3 is 25.7 Å². The zero-order chi connectivity index (χ0) is 21.7. The van der Waals surface area contributed by atoms with Crippen LogP contribution in [0.4, 0.5) is 0 Å². The molecule has 2 aromatic rings. The minimum absolute atomic E-state index is 0. The Kier molecular flexibility index (Phi) is 15.3. The third kappa shape index (κ3) is 13.3. The number of carbonyl (C=O) groups is 2. The molecule has 0 bridgehead atoms. The molecule has 0 unspecified atom stereocenters. The number of phenols is 2. The summed E-state index contributed by atoms with van der Waals surface area (Å²) in [5.74, 6) is -1.63. The van der Waals surface area contributed by atoms with Crippen LogP contribution in [0.5, 0.6) is 11.5 Å². The number of fused-ring (bicyclic) bond motifs is 1. The number of rotatable bonds is 6. The normalized spacial score (nSPS) is 9.55. The van der Waals surface area contributed by atoms with Gasteiger partial charge in [-0.1, -0.05) is 45.9 Å². The van der Waals surface area contributed by atoms with Crippen molar-refractivity contribution in [3.05, 3.63) is 35.9 Å². The number of carboxylic acid groups (broad SMARTS) is 2. The number of phenolic OH excluding ortho intramolecular Hbond substituents is 2. The summed E-state index contributed by atoms with van der Waals surface area (Å²) in [6.45, 7) is 8.39. The monoisotopic (exact) mass is 429 g/mol. The van der Waals surface area contributed by atoms with Gasteiger partial charge in [-0.3, -0.25) is 9.59 Å². The Morgan fingerprint density at radius 3 is 1.76 bits per heavy atom. The second kappa shape index (κ2) is 15.4. The Morgan fingerprint density at radius 1 is 0.897 bits per heavy atom. The molecule has 5 N–H and O–H groups in total. The fraction of sp³-hybridized carbons (Fsp3) is 0.429. The van der Waals surface area contributed by atoms with E-state index in [1.807, 2.05) is 6.07 Å². The van der Waals surface area contributed by atoms with Crippen LogP contribution in [0, 0.1) is 0 Å². The molecular formula is C21H32ClNO6. The smallest absolute Gasteiger partial charge is 0.303 e. The molecule has 0 aliphatic carbocycles. The number of halogens is 1. The van der Waals surface area contributed by atoms with Gasteiger partial charge in [-0.25, -0.2) is 0 Å². The Bertz CT molecular complexity index is 750. The second-order valence-corrected chi connectivity index (χ2v) is 6.38. The summed E-state index contributed by atoms with van der Waals surface area (Å²) in [4.78, 5) is 18.7. The first-order valence-corrected chi connectivity index (χ1v) is 9.22. The fourth-order valence-electron chi connectivity index (χ4n) is 1.98. The fourth-order valence-corrected chi connectivity index (χ4v) is 1.98. The number of benzene rings is 2. The zero-order valence-electron chi connectivity index (χ0n) is 17.3. The van der Waals surface area contributed by atoms with Crippen LogP contribution in [-0.4, -0.2) is 45.0 Å². The molecule has 0 heterocycles. The van der Waals surface area contributed by atoms with Crippen molar-refractivity contribution in [2.75, 3.05) is 6.54 Å². The Balaban J connectivity index is 0. The van der Waals surface area contributed by atoms with Crippen molar-refractivity contribution in [2.45, 2.75) is 53.0 Å². The molecule has 0 aromatic heterocycles. The first-order valence-electron chi connectivity index (χ1n) is 9.22. The van der Waals surface area contributed by atoms with E-state index in [9.17, 15) is 19.8 Å². The highest BCUT2D eigenvalue weighted by Crippen LogP contribution is 2.30. The molecule has 0 aliphatic heterocycles. The molecule has 0 atom stereocenters. The lowest BCUT2D eigenvalue weighted by Gasteiger charge is -2.09. The quantitative estimate of drug-likeness (QED) is 0.436. The molecule has 7 nitrogen and oxygen atoms in total. The van der Waals surface area contributed by atoms with Crippen molar-refractivity contribution in [1.29, 1.82) is 0 Å². The van der Waals surface area contributed by atoms with E-state index in [0.717, 1.165) is 23.7 Å². The van der Waals surface area contributed by atoms with Crippen LogP contribution in [0.2, 0.25) is 0 Å². The molecule has 0 saturated carbocycles. The highest BCUT2D eigenvalue weighted by molar-refractivity contribution is 5.86. The van der Waals surface area contributed by atoms with Gasteiger partial charge in [0.05, 0.1) is 0 Å². The van der Waals surface area contributed by atoms with E-state index in [1.165, 1.54) is 5.56 Å². The average molecular weight is 430 g/mol. The van der Waals surface area contributed by atoms with E-state index < -0.39 is 11.9 Å². The van der Waals surface area contributed by atoms with Gasteiger partial charge in [0.15, 0.2) is 11.5 Å². The first kappa shape index (κ1) is 28.7. The van der Waals surface area contributed by atoms with Crippen molar-refractivity contribution in [3.8, 4) is 11.5 Å². The Hall–Kier alpha value is -2.51. The molecule has 2 aromatic carbocycles. The number of hydrogen-bond acceptors (Lipinski definition) is 5. The maximum Gasteiger partial charge on any atom is 0.303 e. The van der Waals surface area contributed by atoms with E-state index in [0.29, 0.717) is 6.04 Å². The summed E-state index contributed by atoms with van der Waals surface area (Å²) < 4.78 is 0. The summed E-state index contributed by atoms with van der Waals surface area (Å²) in [5, 5.41) is 39.6. The van der Waals surface area contributed by atoms with Gasteiger partial charge in [-0.05, 0) is 41.4 Å². The Labute approximate surface area is 177 Å². The second-order valence-electron chi connectivity index (χ2n) is 6.38. The number of nitrogens with one attached hydrogen (secondary N) is 1. The van der Waals surface area contributed by atoms with Crippen LogP contribution in [0.1, 0.15) is 46.1 Å². The summed E-state index contributed by atoms with van der Waals surface area (Å²) in [6.07, 6.45) is 1.40. The van der Waals surface area contributed by atoms with E-state index in [1.54, 1.807) is 26.0 Å². The number of carboxylic acids is 2. The molecular weight excluding hydrogens is 398 g/mol. The largest absolute Gasteiger partial charge is 0.504 e. The molecule has 0 aliphatic rings. The van der Waals surface area contributed by atoms with Crippen LogP contribution < -0.4 is 5.32 Å². The lowest BCUT2D eigenvalue weighted by atomic mass is 10.0. The summed E-state index contributed by atoms with van der Waals surface area (Å²) >= 11 is 0. The van der Waals surface area contributed by atoms with E-state index in [2.05, 4.69) is 31.3 Å². The maximum absolute atomic E-state index is 9.49. The van der Waals surface area contributed by atoms with E-state index >= 15 is 0 Å². The zero-order valence-corrected chi connectivity index (χ0v) is 18.1. The van der Waals surface area contributed by atoms with Gasteiger partial charge in [0.1, 0.15) is 0 Å². The van der Waals surface area contributed by atoms with Crippen LogP contribution in [-0.2, 0) is 16.0 Å². The lowest BCUT2D eigenvalue weighted by molar-refractivity contribution is -0.137. The summed E-state index contributed by atoms with van der Waals surface area (Å²) in [5.41, 5.74) is 1.22. The van der Waals surface area contributed by atoms with Gasteiger partial charge >= 0.3 is 11.9 Å². The van der Waals surface area contributed by atoms with E-state index in [4.69, 9.17) is 10.2 Å². The molecule has 8 heteroatoms. The van der Waals surface area contributed by atoms with Crippen molar-refractivity contribution < 1.29 is 30.0 Å². The van der Waals surface area contributed by atoms with Crippen molar-refractivity contribution in [3.63, 3.8) is 0 Å². The van der Waals surface area contributed by atoms with Gasteiger partial charge in [-0.2, -0.15) is 0 Å². The third-order valence-corrected chi connectivity index (χ3v) is 3.57. The summed E-state index contributed by atoms with van der Waals surface area (Å²) in [7, 11) is 0. The maximum atomic E-state index is 9.49. The molecule has 164 valence electrons. The van der Waals surface area contributed by atoms with Crippen molar-refractivity contribution >= 4 is 35.1 Å². The van der Waals surface area contributed by atoms with Crippen LogP contribution in [0.15, 0.2) is 30.3 Å². The molecule has 0 saturated heterocycles. The predicted octanol–water partition coefficient (Wildman–Crippen LogP) is 4.18. The topological polar surface area (TPSA) is 127 Å². The van der Waals surface area contributed by atoms with Crippen LogP contribution >= 0.6 is 12.4 Å². The van der Waals surface area contributed by atoms with Crippen molar-refractivity contribution in [2.24, 2.45) is 0 Å². The van der Waals surface area contributed by atoms with E-state index in [-0.39, 0.29) is 36.7 Å². The summed E-state index contributed by atoms with van der Waals surface area (Å²) in [6, 6.07) is 9.76. The molecule has 29 heavy (non-hydrogen) atoms. The Morgan fingerprint density at radius 2 is 1.34 bits per heavy atom. The molecule has 0 radical (unpaired) electrons. The van der Waals surface area contributed by atoms with Gasteiger partial charge in [0.2, 0.25) is 0 Å². The van der Waals surface area contributed by atoms with Gasteiger partial charge in [0, 0.05) is 18.9 Å². The lowest BCUT2D eigenvalue weighted by Crippen LogP contribution is -2.24. The minimum Gasteiger partial charge on any atom is -0.504 e.